The van der Waals surface area contributed by atoms with Gasteiger partial charge in [-0.05, 0) is 37.6 Å². The number of aryl methyl sites for hydroxylation is 1. The molecule has 0 bridgehead atoms. The van der Waals surface area contributed by atoms with Crippen molar-refractivity contribution in [2.75, 3.05) is 0 Å². The highest BCUT2D eigenvalue weighted by molar-refractivity contribution is 5.77. The Morgan fingerprint density at radius 3 is 3.00 bits per heavy atom. The molecule has 0 radical (unpaired) electrons. The van der Waals surface area contributed by atoms with Crippen LogP contribution in [0.5, 0.6) is 0 Å². The highest BCUT2D eigenvalue weighted by Crippen LogP contribution is 2.13. The van der Waals surface area contributed by atoms with Crippen molar-refractivity contribution in [2.24, 2.45) is 0 Å². The van der Waals surface area contributed by atoms with Crippen LogP contribution in [0.15, 0.2) is 47.8 Å². The second kappa shape index (κ2) is 5.47. The molecular formula is C15H15FN4O. The molecule has 21 heavy (non-hydrogen) atoms. The van der Waals surface area contributed by atoms with E-state index in [9.17, 15) is 9.18 Å². The SMILES string of the molecule is CC(CCn1cccn1)n1cnc2ccc(F)cc2c1=O. The first kappa shape index (κ1) is 13.5. The molecule has 2 heterocycles. The molecule has 5 nitrogen and oxygen atoms in total. The Morgan fingerprint density at radius 1 is 1.38 bits per heavy atom. The number of halogens is 1. The maximum absolute atomic E-state index is 13.3. The highest BCUT2D eigenvalue weighted by Gasteiger charge is 2.11. The lowest BCUT2D eigenvalue weighted by Crippen LogP contribution is -2.24. The Labute approximate surface area is 120 Å². The summed E-state index contributed by atoms with van der Waals surface area (Å²) >= 11 is 0. The standard InChI is InChI=1S/C15H15FN4O/c1-11(5-8-19-7-2-6-18-19)20-10-17-14-4-3-12(16)9-13(14)15(20)21/h2-4,6-7,9-11H,5,8H2,1H3. The minimum atomic E-state index is -0.427. The Bertz CT molecular complexity index is 810. The van der Waals surface area contributed by atoms with E-state index < -0.39 is 5.82 Å². The number of rotatable bonds is 4. The first-order chi connectivity index (χ1) is 10.1. The number of fused-ring (bicyclic) bond motifs is 1. The van der Waals surface area contributed by atoms with Crippen LogP contribution in [0.2, 0.25) is 0 Å². The van der Waals surface area contributed by atoms with E-state index >= 15 is 0 Å². The molecule has 1 unspecified atom stereocenters. The van der Waals surface area contributed by atoms with Crippen molar-refractivity contribution in [2.45, 2.75) is 25.9 Å². The van der Waals surface area contributed by atoms with E-state index in [0.29, 0.717) is 17.4 Å². The lowest BCUT2D eigenvalue weighted by Gasteiger charge is -2.15. The fourth-order valence-corrected chi connectivity index (χ4v) is 2.31. The van der Waals surface area contributed by atoms with E-state index in [2.05, 4.69) is 10.1 Å². The van der Waals surface area contributed by atoms with Crippen LogP contribution in [0.25, 0.3) is 10.9 Å². The maximum Gasteiger partial charge on any atom is 0.261 e. The summed E-state index contributed by atoms with van der Waals surface area (Å²) in [6, 6.07) is 5.88. The predicted octanol–water partition coefficient (Wildman–Crippen LogP) is 2.38. The van der Waals surface area contributed by atoms with Gasteiger partial charge in [0.1, 0.15) is 5.82 Å². The van der Waals surface area contributed by atoms with Crippen molar-refractivity contribution < 1.29 is 4.39 Å². The summed E-state index contributed by atoms with van der Waals surface area (Å²) in [7, 11) is 0. The summed E-state index contributed by atoms with van der Waals surface area (Å²) < 4.78 is 16.7. The molecule has 0 N–H and O–H groups in total. The molecule has 0 spiro atoms. The first-order valence-corrected chi connectivity index (χ1v) is 6.79. The summed E-state index contributed by atoms with van der Waals surface area (Å²) in [5, 5.41) is 4.44. The fourth-order valence-electron chi connectivity index (χ4n) is 2.31. The van der Waals surface area contributed by atoms with Crippen LogP contribution in [0.1, 0.15) is 19.4 Å². The molecule has 0 saturated heterocycles. The van der Waals surface area contributed by atoms with Crippen LogP contribution >= 0.6 is 0 Å². The van der Waals surface area contributed by atoms with Crippen molar-refractivity contribution in [3.05, 3.63) is 59.2 Å². The van der Waals surface area contributed by atoms with Crippen molar-refractivity contribution in [3.8, 4) is 0 Å². The summed E-state index contributed by atoms with van der Waals surface area (Å²) in [5.41, 5.74) is 0.296. The molecule has 0 aliphatic heterocycles. The van der Waals surface area contributed by atoms with Gasteiger partial charge in [0.2, 0.25) is 0 Å². The second-order valence-corrected chi connectivity index (χ2v) is 5.03. The normalized spacial score (nSPS) is 12.7. The third-order valence-electron chi connectivity index (χ3n) is 3.55. The van der Waals surface area contributed by atoms with Gasteiger partial charge in [-0.1, -0.05) is 0 Å². The Balaban J connectivity index is 1.89. The first-order valence-electron chi connectivity index (χ1n) is 6.79. The summed E-state index contributed by atoms with van der Waals surface area (Å²) in [6.45, 7) is 2.65. The van der Waals surface area contributed by atoms with Gasteiger partial charge < -0.3 is 0 Å². The maximum atomic E-state index is 13.3. The van der Waals surface area contributed by atoms with E-state index in [1.165, 1.54) is 24.5 Å². The quantitative estimate of drug-likeness (QED) is 0.740. The molecule has 0 saturated carbocycles. The topological polar surface area (TPSA) is 52.7 Å². The number of hydrogen-bond donors (Lipinski definition) is 0. The summed E-state index contributed by atoms with van der Waals surface area (Å²) in [4.78, 5) is 16.6. The molecule has 3 aromatic rings. The van der Waals surface area contributed by atoms with Gasteiger partial charge in [0.05, 0.1) is 17.2 Å². The lowest BCUT2D eigenvalue weighted by molar-refractivity contribution is 0.435. The van der Waals surface area contributed by atoms with Crippen molar-refractivity contribution >= 4 is 10.9 Å². The van der Waals surface area contributed by atoms with Gasteiger partial charge in [-0.2, -0.15) is 5.10 Å². The molecule has 0 aliphatic rings. The molecule has 108 valence electrons. The monoisotopic (exact) mass is 286 g/mol. The highest BCUT2D eigenvalue weighted by atomic mass is 19.1. The number of benzene rings is 1. The van der Waals surface area contributed by atoms with Gasteiger partial charge in [-0.15, -0.1) is 0 Å². The van der Waals surface area contributed by atoms with Crippen LogP contribution in [-0.4, -0.2) is 19.3 Å². The molecule has 0 aliphatic carbocycles. The Morgan fingerprint density at radius 2 is 2.24 bits per heavy atom. The third kappa shape index (κ3) is 2.69. The van der Waals surface area contributed by atoms with Crippen LogP contribution in [0.3, 0.4) is 0 Å². The largest absolute Gasteiger partial charge is 0.296 e. The molecule has 1 atom stereocenters. The Kier molecular flexibility index (Phi) is 3.51. The average molecular weight is 286 g/mol. The van der Waals surface area contributed by atoms with Crippen molar-refractivity contribution in [3.63, 3.8) is 0 Å². The number of aromatic nitrogens is 4. The molecule has 1 aromatic carbocycles. The molecule has 0 amide bonds. The van der Waals surface area contributed by atoms with Crippen molar-refractivity contribution in [1.29, 1.82) is 0 Å². The van der Waals surface area contributed by atoms with E-state index in [1.54, 1.807) is 10.8 Å². The zero-order chi connectivity index (χ0) is 14.8. The van der Waals surface area contributed by atoms with E-state index in [1.807, 2.05) is 23.9 Å². The van der Waals surface area contributed by atoms with E-state index in [4.69, 9.17) is 0 Å². The van der Waals surface area contributed by atoms with Crippen molar-refractivity contribution in [1.82, 2.24) is 19.3 Å². The van der Waals surface area contributed by atoms with Gasteiger partial charge >= 0.3 is 0 Å². The van der Waals surface area contributed by atoms with Gasteiger partial charge in [0, 0.05) is 25.0 Å². The molecular weight excluding hydrogens is 271 g/mol. The molecule has 0 fully saturated rings. The van der Waals surface area contributed by atoms with E-state index in [-0.39, 0.29) is 11.6 Å². The minimum absolute atomic E-state index is 0.0399. The zero-order valence-corrected chi connectivity index (χ0v) is 11.6. The van der Waals surface area contributed by atoms with Crippen LogP contribution in [0.4, 0.5) is 4.39 Å². The van der Waals surface area contributed by atoms with Gasteiger partial charge in [-0.3, -0.25) is 14.0 Å². The minimum Gasteiger partial charge on any atom is -0.296 e. The van der Waals surface area contributed by atoms with Gasteiger partial charge in [0.25, 0.3) is 5.56 Å². The lowest BCUT2D eigenvalue weighted by atomic mass is 10.2. The van der Waals surface area contributed by atoms with Crippen LogP contribution in [0, 0.1) is 5.82 Å². The smallest absolute Gasteiger partial charge is 0.261 e. The Hall–Kier alpha value is -2.50. The predicted molar refractivity (Wildman–Crippen MR) is 77.5 cm³/mol. The summed E-state index contributed by atoms with van der Waals surface area (Å²) in [6.07, 6.45) is 5.86. The third-order valence-corrected chi connectivity index (χ3v) is 3.55. The van der Waals surface area contributed by atoms with Crippen LogP contribution < -0.4 is 5.56 Å². The second-order valence-electron chi connectivity index (χ2n) is 5.03. The average Bonchev–Trinajstić information content (AvgIpc) is 2.99. The van der Waals surface area contributed by atoms with Crippen LogP contribution in [-0.2, 0) is 6.54 Å². The molecule has 3 rings (SSSR count). The summed E-state index contributed by atoms with van der Waals surface area (Å²) in [5.74, 6) is -0.427. The zero-order valence-electron chi connectivity index (χ0n) is 11.6. The number of nitrogens with zero attached hydrogens (tertiary/aromatic N) is 4. The van der Waals surface area contributed by atoms with Gasteiger partial charge in [-0.25, -0.2) is 9.37 Å². The fraction of sp³-hybridized carbons (Fsp3) is 0.267. The van der Waals surface area contributed by atoms with Gasteiger partial charge in [0.15, 0.2) is 0 Å². The van der Waals surface area contributed by atoms with E-state index in [0.717, 1.165) is 6.42 Å². The molecule has 2 aromatic heterocycles. The molecule has 6 heteroatoms. The number of hydrogen-bond acceptors (Lipinski definition) is 3.